The van der Waals surface area contributed by atoms with Gasteiger partial charge < -0.3 is 22.8 Å². The second-order valence-corrected chi connectivity index (χ2v) is 18.6. The number of hydrogen-bond donors (Lipinski definition) is 0. The van der Waals surface area contributed by atoms with Crippen molar-refractivity contribution in [1.29, 1.82) is 0 Å². The van der Waals surface area contributed by atoms with Crippen molar-refractivity contribution in [3.05, 3.63) is 264 Å². The van der Waals surface area contributed by atoms with Crippen molar-refractivity contribution in [3.63, 3.8) is 0 Å². The van der Waals surface area contributed by atoms with Crippen molar-refractivity contribution in [2.75, 3.05) is 0 Å². The molecule has 0 spiro atoms. The maximum absolute atomic E-state index is 4.63. The Morgan fingerprint density at radius 1 is 0.427 bits per heavy atom. The van der Waals surface area contributed by atoms with Crippen LogP contribution in [0.5, 0.6) is 0 Å². The van der Waals surface area contributed by atoms with E-state index in [0.717, 1.165) is 93.4 Å². The molecule has 0 aliphatic carbocycles. The van der Waals surface area contributed by atoms with Gasteiger partial charge in [0.05, 0.1) is 59.3 Å². The van der Waals surface area contributed by atoms with E-state index in [-0.39, 0.29) is 0 Å². The Hall–Kier alpha value is -9.25. The lowest BCUT2D eigenvalue weighted by Gasteiger charge is -2.07. The van der Waals surface area contributed by atoms with Crippen LogP contribution >= 0.6 is 31.9 Å². The molecule has 366 valence electrons. The van der Waals surface area contributed by atoms with E-state index in [4.69, 9.17) is 0 Å². The topological polar surface area (TPSA) is 139 Å². The van der Waals surface area contributed by atoms with Crippen molar-refractivity contribution < 1.29 is 0 Å². The Morgan fingerprint density at radius 3 is 1.53 bits per heavy atom. The number of aromatic nitrogens is 11. The van der Waals surface area contributed by atoms with Gasteiger partial charge in [-0.1, -0.05) is 30.3 Å². The molecule has 0 amide bonds. The molecule has 12 aromatic rings. The molecule has 0 N–H and O–H groups in total. The SMILES string of the molecule is Brc1cc(C=Nc2ccc(-n3ccnc3)cc2)ccc1-n1ccnc1.Brc1cc(C=Nc2cccc3ncccc23)ccc1-n1ccnc1.Cc1cc(N=Cc2ccc(-n3ccnc3C)cc2)ccc1-n1ccnc1. The van der Waals surface area contributed by atoms with E-state index in [2.05, 4.69) is 125 Å². The van der Waals surface area contributed by atoms with Crippen LogP contribution in [0.1, 0.15) is 28.1 Å². The number of hydrogen-bond acceptors (Lipinski definition) is 9. The largest absolute Gasteiger partial charge is 0.306 e. The molecule has 0 saturated heterocycles. The maximum Gasteiger partial charge on any atom is 0.110 e. The molecular weight excluding hydrogens is 1060 g/mol. The van der Waals surface area contributed by atoms with Crippen LogP contribution in [0.25, 0.3) is 39.3 Å². The van der Waals surface area contributed by atoms with E-state index in [9.17, 15) is 0 Å². The van der Waals surface area contributed by atoms with Gasteiger partial charge in [-0.25, -0.2) is 24.9 Å². The molecule has 16 heteroatoms. The van der Waals surface area contributed by atoms with Gasteiger partial charge >= 0.3 is 0 Å². The van der Waals surface area contributed by atoms with Gasteiger partial charge in [0.1, 0.15) is 5.82 Å². The highest BCUT2D eigenvalue weighted by Gasteiger charge is 2.07. The molecule has 75 heavy (non-hydrogen) atoms. The fourth-order valence-corrected chi connectivity index (χ4v) is 9.18. The molecule has 0 unspecified atom stereocenters. The monoisotopic (exact) mass is 1110 g/mol. The zero-order chi connectivity index (χ0) is 51.3. The zero-order valence-electron chi connectivity index (χ0n) is 40.6. The highest BCUT2D eigenvalue weighted by atomic mass is 79.9. The molecule has 0 aliphatic heterocycles. The highest BCUT2D eigenvalue weighted by Crippen LogP contribution is 2.27. The molecule has 14 nitrogen and oxygen atoms in total. The fraction of sp³-hybridized carbons (Fsp3) is 0.0339. The fourth-order valence-electron chi connectivity index (χ4n) is 7.98. The van der Waals surface area contributed by atoms with Gasteiger partial charge in [0, 0.05) is 118 Å². The van der Waals surface area contributed by atoms with Crippen LogP contribution < -0.4 is 0 Å². The summed E-state index contributed by atoms with van der Waals surface area (Å²) >= 11 is 7.22. The predicted octanol–water partition coefficient (Wildman–Crippen LogP) is 13.9. The van der Waals surface area contributed by atoms with Gasteiger partial charge in [-0.2, -0.15) is 0 Å². The van der Waals surface area contributed by atoms with E-state index in [1.807, 2.05) is 172 Å². The molecule has 6 aromatic heterocycles. The number of aliphatic imine (C=N–C) groups is 3. The van der Waals surface area contributed by atoms with Crippen LogP contribution in [0, 0.1) is 13.8 Å². The molecule has 0 fully saturated rings. The summed E-state index contributed by atoms with van der Waals surface area (Å²) in [5.74, 6) is 0.972. The first-order valence-electron chi connectivity index (χ1n) is 23.6. The molecule has 0 saturated carbocycles. The van der Waals surface area contributed by atoms with Crippen LogP contribution in [0.15, 0.2) is 251 Å². The zero-order valence-corrected chi connectivity index (χ0v) is 43.8. The lowest BCUT2D eigenvalue weighted by Crippen LogP contribution is -1.95. The standard InChI is InChI=1S/C21H19N5.C19H14BrN5.C19H13BrN4/c1-16-13-19(5-8-21(16)25-11-9-22-15-25)24-14-18-3-6-20(7-4-18)26-12-10-23-17(26)2;20-18-11-15(1-6-19(18)25-10-8-22-14-25)12-23-16-2-4-17(5-3-16)24-9-7-21-13-24;20-16-11-14(6-7-19(16)24-10-9-21-13-24)12-23-18-5-1-4-17-15(18)3-2-8-22-17/h3-15H,1-2H3;1-14H;1-13H. The normalized spacial score (nSPS) is 11.3. The average molecular weight is 1110 g/mol. The number of nitrogens with zero attached hydrogens (tertiary/aromatic N) is 14. The molecule has 0 aliphatic rings. The summed E-state index contributed by atoms with van der Waals surface area (Å²) in [4.78, 5) is 38.7. The van der Waals surface area contributed by atoms with E-state index in [1.54, 1.807) is 62.5 Å². The van der Waals surface area contributed by atoms with Crippen LogP contribution in [-0.4, -0.2) is 71.4 Å². The third kappa shape index (κ3) is 12.3. The molecule has 0 atom stereocenters. The van der Waals surface area contributed by atoms with Crippen LogP contribution in [-0.2, 0) is 0 Å². The Kier molecular flexibility index (Phi) is 15.5. The summed E-state index contributed by atoms with van der Waals surface area (Å²) in [5, 5.41) is 1.05. The molecule has 12 rings (SSSR count). The summed E-state index contributed by atoms with van der Waals surface area (Å²) in [6.45, 7) is 4.07. The summed E-state index contributed by atoms with van der Waals surface area (Å²) in [5.41, 5.74) is 13.3. The first-order valence-corrected chi connectivity index (χ1v) is 25.2. The number of aryl methyl sites for hydroxylation is 2. The third-order valence-electron chi connectivity index (χ3n) is 11.8. The lowest BCUT2D eigenvalue weighted by atomic mass is 10.1. The summed E-state index contributed by atoms with van der Waals surface area (Å²) in [7, 11) is 0. The minimum atomic E-state index is 0.902. The summed E-state index contributed by atoms with van der Waals surface area (Å²) in [6.07, 6.45) is 33.0. The van der Waals surface area contributed by atoms with Crippen LogP contribution in [0.2, 0.25) is 0 Å². The van der Waals surface area contributed by atoms with Gasteiger partial charge in [-0.3, -0.25) is 20.0 Å². The lowest BCUT2D eigenvalue weighted by molar-refractivity contribution is 0.975. The molecular formula is C59H46Br2N14. The first kappa shape index (κ1) is 49.3. The number of fused-ring (bicyclic) bond motifs is 1. The Bertz CT molecular complexity index is 3850. The van der Waals surface area contributed by atoms with Crippen molar-refractivity contribution in [2.45, 2.75) is 13.8 Å². The summed E-state index contributed by atoms with van der Waals surface area (Å²) < 4.78 is 11.9. The maximum atomic E-state index is 4.63. The molecule has 0 radical (unpaired) electrons. The molecule has 6 aromatic carbocycles. The van der Waals surface area contributed by atoms with Crippen LogP contribution in [0.4, 0.5) is 17.1 Å². The minimum absolute atomic E-state index is 0.902. The average Bonchev–Trinajstić information content (AvgIpc) is 4.32. The highest BCUT2D eigenvalue weighted by molar-refractivity contribution is 9.11. The number of benzene rings is 6. The summed E-state index contributed by atoms with van der Waals surface area (Å²) in [6, 6.07) is 44.6. The Labute approximate surface area is 449 Å². The minimum Gasteiger partial charge on any atom is -0.306 e. The van der Waals surface area contributed by atoms with Gasteiger partial charge in [0.2, 0.25) is 0 Å². The van der Waals surface area contributed by atoms with Crippen molar-refractivity contribution in [3.8, 4) is 28.4 Å². The third-order valence-corrected chi connectivity index (χ3v) is 13.1. The number of imidazole rings is 5. The number of pyridine rings is 1. The van der Waals surface area contributed by atoms with Crippen LogP contribution in [0.3, 0.4) is 0 Å². The van der Waals surface area contributed by atoms with Crippen molar-refractivity contribution in [2.24, 2.45) is 15.0 Å². The first-order chi connectivity index (χ1) is 36.8. The molecule has 0 bridgehead atoms. The van der Waals surface area contributed by atoms with E-state index in [0.29, 0.717) is 0 Å². The van der Waals surface area contributed by atoms with E-state index < -0.39 is 0 Å². The van der Waals surface area contributed by atoms with Gasteiger partial charge in [0.15, 0.2) is 0 Å². The van der Waals surface area contributed by atoms with Gasteiger partial charge in [0.25, 0.3) is 0 Å². The number of rotatable bonds is 11. The van der Waals surface area contributed by atoms with E-state index in [1.165, 1.54) is 0 Å². The van der Waals surface area contributed by atoms with Gasteiger partial charge in [-0.05, 0) is 171 Å². The van der Waals surface area contributed by atoms with Crippen molar-refractivity contribution in [1.82, 2.24) is 52.7 Å². The van der Waals surface area contributed by atoms with Gasteiger partial charge in [-0.15, -0.1) is 0 Å². The number of halogens is 2. The predicted molar refractivity (Wildman–Crippen MR) is 306 cm³/mol. The van der Waals surface area contributed by atoms with Crippen molar-refractivity contribution >= 4 is 78.5 Å². The Morgan fingerprint density at radius 2 is 0.960 bits per heavy atom. The second kappa shape index (κ2) is 23.5. The smallest absolute Gasteiger partial charge is 0.110 e. The quantitative estimate of drug-likeness (QED) is 0.118. The Balaban J connectivity index is 0.000000128. The molecule has 6 heterocycles. The second-order valence-electron chi connectivity index (χ2n) is 16.8. The van der Waals surface area contributed by atoms with E-state index >= 15 is 0 Å².